The Kier molecular flexibility index (Phi) is 2.76. The van der Waals surface area contributed by atoms with Crippen molar-refractivity contribution in [1.29, 1.82) is 0 Å². The molecule has 2 unspecified atom stereocenters. The van der Waals surface area contributed by atoms with Gasteiger partial charge in [0.05, 0.1) is 24.5 Å². The molecular weight excluding hydrogens is 290 g/mol. The van der Waals surface area contributed by atoms with Gasteiger partial charge < -0.3 is 10.6 Å². The van der Waals surface area contributed by atoms with E-state index < -0.39 is 28.5 Å². The molecule has 2 atom stereocenters. The first kappa shape index (κ1) is 13.3. The monoisotopic (exact) mass is 303 g/mol. The van der Waals surface area contributed by atoms with E-state index in [1.807, 2.05) is 0 Å². The highest BCUT2D eigenvalue weighted by molar-refractivity contribution is 7.80. The lowest BCUT2D eigenvalue weighted by Crippen LogP contribution is -2.39. The minimum atomic E-state index is -4.78. The van der Waals surface area contributed by atoms with Crippen molar-refractivity contribution >= 4 is 16.4 Å². The number of carbonyl (C=O) groups is 1. The zero-order valence-electron chi connectivity index (χ0n) is 10.5. The van der Waals surface area contributed by atoms with Crippen LogP contribution in [0.2, 0.25) is 0 Å². The number of hydrogen-bond acceptors (Lipinski definition) is 6. The fourth-order valence-electron chi connectivity index (χ4n) is 2.78. The van der Waals surface area contributed by atoms with Gasteiger partial charge in [0.25, 0.3) is 0 Å². The molecule has 110 valence electrons. The van der Waals surface area contributed by atoms with E-state index in [0.717, 1.165) is 5.69 Å². The lowest BCUT2D eigenvalue weighted by molar-refractivity contribution is -0.0317. The van der Waals surface area contributed by atoms with Crippen LogP contribution < -0.4 is 5.73 Å². The molecule has 1 fully saturated rings. The standard InChI is InChI=1S/C9H13N5O5S/c1-12-8-5(3-11-12)7-4-13(6(8)2-10)9(15)14(7)19-20(16,17)18/h3,6-7H,2,4,10H2,1H3,(H,16,17,18). The average molecular weight is 303 g/mol. The smallest absolute Gasteiger partial charge is 0.328 e. The van der Waals surface area contributed by atoms with Gasteiger partial charge in [0.2, 0.25) is 0 Å². The Bertz CT molecular complexity index is 670. The van der Waals surface area contributed by atoms with Crippen LogP contribution in [0.5, 0.6) is 0 Å². The second-order valence-electron chi connectivity index (χ2n) is 4.64. The number of aromatic nitrogens is 2. The molecule has 0 spiro atoms. The van der Waals surface area contributed by atoms with E-state index >= 15 is 0 Å². The van der Waals surface area contributed by atoms with Crippen molar-refractivity contribution in [2.24, 2.45) is 12.8 Å². The maximum atomic E-state index is 12.2. The molecular formula is C9H13N5O5S. The second kappa shape index (κ2) is 4.15. The predicted octanol–water partition coefficient (Wildman–Crippen LogP) is -1.05. The van der Waals surface area contributed by atoms with Crippen molar-refractivity contribution < 1.29 is 22.0 Å². The normalized spacial score (nSPS) is 25.2. The minimum Gasteiger partial charge on any atom is -0.328 e. The quantitative estimate of drug-likeness (QED) is 0.681. The molecule has 20 heavy (non-hydrogen) atoms. The summed E-state index contributed by atoms with van der Waals surface area (Å²) in [5, 5.41) is 4.74. The van der Waals surface area contributed by atoms with Crippen LogP contribution >= 0.6 is 0 Å². The third kappa shape index (κ3) is 1.78. The van der Waals surface area contributed by atoms with Crippen LogP contribution in [0, 0.1) is 0 Å². The van der Waals surface area contributed by atoms with Gasteiger partial charge in [-0.15, -0.1) is 4.28 Å². The number of rotatable bonds is 3. The van der Waals surface area contributed by atoms with Crippen LogP contribution in [0.25, 0.3) is 0 Å². The summed E-state index contributed by atoms with van der Waals surface area (Å²) < 4.78 is 36.5. The topological polar surface area (TPSA) is 131 Å². The van der Waals surface area contributed by atoms with Crippen molar-refractivity contribution in [3.8, 4) is 0 Å². The Morgan fingerprint density at radius 2 is 2.30 bits per heavy atom. The highest BCUT2D eigenvalue weighted by atomic mass is 32.3. The number of hydrogen-bond donors (Lipinski definition) is 2. The summed E-state index contributed by atoms with van der Waals surface area (Å²) in [5.41, 5.74) is 7.10. The number of carbonyl (C=O) groups excluding carboxylic acids is 1. The summed E-state index contributed by atoms with van der Waals surface area (Å²) in [4.78, 5) is 13.6. The van der Waals surface area contributed by atoms with Crippen molar-refractivity contribution in [2.45, 2.75) is 12.1 Å². The first-order chi connectivity index (χ1) is 9.33. The number of fused-ring (bicyclic) bond motifs is 4. The van der Waals surface area contributed by atoms with Gasteiger partial charge in [0.1, 0.15) is 6.04 Å². The third-order valence-corrected chi connectivity index (χ3v) is 3.90. The van der Waals surface area contributed by atoms with Crippen molar-refractivity contribution in [3.05, 3.63) is 17.5 Å². The highest BCUT2D eigenvalue weighted by Crippen LogP contribution is 2.43. The molecule has 1 aromatic heterocycles. The van der Waals surface area contributed by atoms with E-state index in [9.17, 15) is 13.2 Å². The first-order valence-corrected chi connectivity index (χ1v) is 7.18. The Balaban J connectivity index is 2.08. The number of aryl methyl sites for hydroxylation is 1. The maximum Gasteiger partial charge on any atom is 0.418 e. The molecule has 3 rings (SSSR count). The molecule has 10 nitrogen and oxygen atoms in total. The van der Waals surface area contributed by atoms with Crippen molar-refractivity contribution in [2.75, 3.05) is 13.1 Å². The molecule has 3 heterocycles. The zero-order chi connectivity index (χ0) is 14.7. The summed E-state index contributed by atoms with van der Waals surface area (Å²) in [6.07, 6.45) is 1.54. The van der Waals surface area contributed by atoms with Gasteiger partial charge >= 0.3 is 16.4 Å². The summed E-state index contributed by atoms with van der Waals surface area (Å²) in [5.74, 6) is 0. The molecule has 2 aliphatic heterocycles. The largest absolute Gasteiger partial charge is 0.418 e. The van der Waals surface area contributed by atoms with Crippen LogP contribution in [0.4, 0.5) is 4.79 Å². The molecule has 2 aliphatic rings. The van der Waals surface area contributed by atoms with Gasteiger partial charge in [-0.05, 0) is 0 Å². The first-order valence-electron chi connectivity index (χ1n) is 5.82. The van der Waals surface area contributed by atoms with Gasteiger partial charge in [-0.25, -0.2) is 4.79 Å². The molecule has 0 saturated carbocycles. The average Bonchev–Trinajstić information content (AvgIpc) is 2.85. The molecule has 2 amide bonds. The van der Waals surface area contributed by atoms with Crippen LogP contribution in [0.1, 0.15) is 23.3 Å². The van der Waals surface area contributed by atoms with Crippen LogP contribution in [-0.4, -0.2) is 51.8 Å². The lowest BCUT2D eigenvalue weighted by atomic mass is 9.98. The van der Waals surface area contributed by atoms with Crippen LogP contribution in [-0.2, 0) is 21.7 Å². The van der Waals surface area contributed by atoms with E-state index in [2.05, 4.69) is 9.38 Å². The predicted molar refractivity (Wildman–Crippen MR) is 64.3 cm³/mol. The molecule has 1 saturated heterocycles. The van der Waals surface area contributed by atoms with Crippen LogP contribution in [0.15, 0.2) is 6.20 Å². The Morgan fingerprint density at radius 1 is 1.60 bits per heavy atom. The molecule has 11 heteroatoms. The summed E-state index contributed by atoms with van der Waals surface area (Å²) in [7, 11) is -3.06. The van der Waals surface area contributed by atoms with E-state index in [1.165, 1.54) is 4.90 Å². The van der Waals surface area contributed by atoms with Gasteiger partial charge in [0.15, 0.2) is 0 Å². The van der Waals surface area contributed by atoms with Crippen molar-refractivity contribution in [1.82, 2.24) is 19.7 Å². The van der Waals surface area contributed by atoms with Gasteiger partial charge in [-0.2, -0.15) is 18.6 Å². The third-order valence-electron chi connectivity index (χ3n) is 3.55. The number of hydroxylamine groups is 2. The summed E-state index contributed by atoms with van der Waals surface area (Å²) >= 11 is 0. The Labute approximate surface area is 114 Å². The highest BCUT2D eigenvalue weighted by Gasteiger charge is 2.51. The second-order valence-corrected chi connectivity index (χ2v) is 5.64. The van der Waals surface area contributed by atoms with E-state index in [-0.39, 0.29) is 13.1 Å². The summed E-state index contributed by atoms with van der Waals surface area (Å²) in [6, 6.07) is -1.70. The minimum absolute atomic E-state index is 0.171. The fourth-order valence-corrected chi connectivity index (χ4v) is 3.15. The van der Waals surface area contributed by atoms with Gasteiger partial charge in [-0.1, -0.05) is 0 Å². The fraction of sp³-hybridized carbons (Fsp3) is 0.556. The number of amides is 2. The maximum absolute atomic E-state index is 12.2. The Hall–Kier alpha value is -1.69. The molecule has 0 aliphatic carbocycles. The molecule has 3 N–H and O–H groups in total. The lowest BCUT2D eigenvalue weighted by Gasteiger charge is -2.30. The summed E-state index contributed by atoms with van der Waals surface area (Å²) in [6.45, 7) is 0.402. The number of urea groups is 1. The van der Waals surface area contributed by atoms with Gasteiger partial charge in [0, 0.05) is 19.2 Å². The molecule has 1 aromatic rings. The number of nitrogens with zero attached hydrogens (tertiary/aromatic N) is 4. The van der Waals surface area contributed by atoms with Crippen LogP contribution in [0.3, 0.4) is 0 Å². The molecule has 0 aromatic carbocycles. The molecule has 0 radical (unpaired) electrons. The van der Waals surface area contributed by atoms with E-state index in [0.29, 0.717) is 10.6 Å². The van der Waals surface area contributed by atoms with Gasteiger partial charge in [-0.3, -0.25) is 9.23 Å². The number of nitrogens with two attached hydrogens (primary N) is 1. The van der Waals surface area contributed by atoms with E-state index in [4.69, 9.17) is 10.3 Å². The van der Waals surface area contributed by atoms with E-state index in [1.54, 1.807) is 17.9 Å². The van der Waals surface area contributed by atoms with Crippen molar-refractivity contribution in [3.63, 3.8) is 0 Å². The molecule has 2 bridgehead atoms. The Morgan fingerprint density at radius 3 is 2.90 bits per heavy atom. The zero-order valence-corrected chi connectivity index (χ0v) is 11.3. The SMILES string of the molecule is Cn1ncc2c1C(CN)N1CC2N(OS(=O)(=O)O)C1=O.